The van der Waals surface area contributed by atoms with Crippen molar-refractivity contribution in [2.75, 3.05) is 9.80 Å². The summed E-state index contributed by atoms with van der Waals surface area (Å²) in [6, 6.07) is 56.4. The van der Waals surface area contributed by atoms with Crippen molar-refractivity contribution in [3.05, 3.63) is 169 Å². The Kier molecular flexibility index (Phi) is 6.26. The minimum Gasteiger partial charge on any atom is -0.457 e. The SMILES string of the molecule is Cc1cc2cc3c(cc2cc1C)N(c1ccc2ccccc2c1)c1cc(Oc2ccccc2)ccc1N3c1ccc2ccccc2c1. The fraction of sp³-hybridized carbons (Fsp3) is 0.0455. The first kappa shape index (κ1) is 27.3. The van der Waals surface area contributed by atoms with Crippen LogP contribution in [0, 0.1) is 13.8 Å². The predicted molar refractivity (Wildman–Crippen MR) is 198 cm³/mol. The summed E-state index contributed by atoms with van der Waals surface area (Å²) in [7, 11) is 0. The molecule has 0 N–H and O–H groups in total. The minimum atomic E-state index is 0.787. The highest BCUT2D eigenvalue weighted by molar-refractivity contribution is 6.08. The highest BCUT2D eigenvalue weighted by Gasteiger charge is 2.32. The van der Waals surface area contributed by atoms with E-state index in [-0.39, 0.29) is 0 Å². The Balaban J connectivity index is 1.34. The zero-order valence-electron chi connectivity index (χ0n) is 26.3. The van der Waals surface area contributed by atoms with Crippen molar-refractivity contribution >= 4 is 66.4 Å². The summed E-state index contributed by atoms with van der Waals surface area (Å²) < 4.78 is 6.44. The van der Waals surface area contributed by atoms with Gasteiger partial charge in [0.15, 0.2) is 0 Å². The lowest BCUT2D eigenvalue weighted by molar-refractivity contribution is 0.483. The molecule has 0 saturated carbocycles. The second kappa shape index (κ2) is 10.8. The van der Waals surface area contributed by atoms with Gasteiger partial charge in [-0.25, -0.2) is 0 Å². The quantitative estimate of drug-likeness (QED) is 0.199. The molecule has 0 aliphatic carbocycles. The lowest BCUT2D eigenvalue weighted by Crippen LogP contribution is -2.24. The number of benzene rings is 8. The fourth-order valence-electron chi connectivity index (χ4n) is 6.92. The zero-order valence-corrected chi connectivity index (χ0v) is 26.3. The highest BCUT2D eigenvalue weighted by atomic mass is 16.5. The van der Waals surface area contributed by atoms with Crippen LogP contribution in [0.4, 0.5) is 34.1 Å². The van der Waals surface area contributed by atoms with E-state index in [9.17, 15) is 0 Å². The number of ether oxygens (including phenoxy) is 1. The molecule has 0 radical (unpaired) electrons. The summed E-state index contributed by atoms with van der Waals surface area (Å²) in [6.45, 7) is 4.39. The summed E-state index contributed by atoms with van der Waals surface area (Å²) >= 11 is 0. The molecule has 8 aromatic rings. The van der Waals surface area contributed by atoms with E-state index < -0.39 is 0 Å². The van der Waals surface area contributed by atoms with Gasteiger partial charge in [-0.1, -0.05) is 91.0 Å². The lowest BCUT2D eigenvalue weighted by atomic mass is 9.97. The maximum atomic E-state index is 6.44. The van der Waals surface area contributed by atoms with Crippen LogP contribution in [0.2, 0.25) is 0 Å². The van der Waals surface area contributed by atoms with E-state index in [1.165, 1.54) is 43.4 Å². The van der Waals surface area contributed by atoms with Crippen LogP contribution in [0.1, 0.15) is 11.1 Å². The summed E-state index contributed by atoms with van der Waals surface area (Å²) in [5, 5.41) is 7.30. The number of hydrogen-bond acceptors (Lipinski definition) is 3. The Morgan fingerprint density at radius 3 is 1.40 bits per heavy atom. The van der Waals surface area contributed by atoms with Crippen molar-refractivity contribution in [3.63, 3.8) is 0 Å². The molecule has 9 rings (SSSR count). The number of nitrogens with zero attached hydrogens (tertiary/aromatic N) is 2. The van der Waals surface area contributed by atoms with Crippen LogP contribution in [0.5, 0.6) is 11.5 Å². The van der Waals surface area contributed by atoms with Gasteiger partial charge in [-0.3, -0.25) is 0 Å². The number of hydrogen-bond donors (Lipinski definition) is 0. The second-order valence-electron chi connectivity index (χ2n) is 12.4. The maximum Gasteiger partial charge on any atom is 0.129 e. The highest BCUT2D eigenvalue weighted by Crippen LogP contribution is 2.56. The molecule has 47 heavy (non-hydrogen) atoms. The van der Waals surface area contributed by atoms with E-state index in [0.29, 0.717) is 0 Å². The molecule has 1 aliphatic rings. The summed E-state index contributed by atoms with van der Waals surface area (Å²) in [4.78, 5) is 4.82. The van der Waals surface area contributed by atoms with E-state index in [1.54, 1.807) is 0 Å². The Bertz CT molecular complexity index is 2480. The molecule has 0 spiro atoms. The number of anilines is 6. The molecule has 1 heterocycles. The molecule has 0 aromatic heterocycles. The predicted octanol–water partition coefficient (Wildman–Crippen LogP) is 12.8. The third kappa shape index (κ3) is 4.67. The van der Waals surface area contributed by atoms with E-state index in [1.807, 2.05) is 30.3 Å². The third-order valence-corrected chi connectivity index (χ3v) is 9.42. The van der Waals surface area contributed by atoms with E-state index >= 15 is 0 Å². The topological polar surface area (TPSA) is 15.7 Å². The van der Waals surface area contributed by atoms with Crippen LogP contribution in [0.25, 0.3) is 32.3 Å². The molecule has 0 atom stereocenters. The summed E-state index contributed by atoms with van der Waals surface area (Å²) in [5.41, 5.74) is 9.19. The Hall–Kier alpha value is -6.06. The summed E-state index contributed by atoms with van der Waals surface area (Å²) in [6.07, 6.45) is 0. The van der Waals surface area contributed by atoms with Crippen LogP contribution >= 0.6 is 0 Å². The molecule has 0 amide bonds. The largest absolute Gasteiger partial charge is 0.457 e. The van der Waals surface area contributed by atoms with Gasteiger partial charge >= 0.3 is 0 Å². The number of aryl methyl sites for hydroxylation is 2. The first-order valence-corrected chi connectivity index (χ1v) is 16.1. The van der Waals surface area contributed by atoms with Crippen LogP contribution in [0.15, 0.2) is 158 Å². The van der Waals surface area contributed by atoms with Gasteiger partial charge in [0.2, 0.25) is 0 Å². The summed E-state index contributed by atoms with van der Waals surface area (Å²) in [5.74, 6) is 1.60. The van der Waals surface area contributed by atoms with Crippen molar-refractivity contribution in [1.29, 1.82) is 0 Å². The van der Waals surface area contributed by atoms with Crippen LogP contribution < -0.4 is 14.5 Å². The maximum absolute atomic E-state index is 6.44. The first-order valence-electron chi connectivity index (χ1n) is 16.1. The Morgan fingerprint density at radius 2 is 0.830 bits per heavy atom. The monoisotopic (exact) mass is 604 g/mol. The molecule has 224 valence electrons. The molecule has 0 unspecified atom stereocenters. The third-order valence-electron chi connectivity index (χ3n) is 9.42. The first-order chi connectivity index (χ1) is 23.1. The molecular formula is C44H32N2O. The van der Waals surface area contributed by atoms with Gasteiger partial charge < -0.3 is 14.5 Å². The van der Waals surface area contributed by atoms with E-state index in [4.69, 9.17) is 4.74 Å². The molecule has 0 saturated heterocycles. The van der Waals surface area contributed by atoms with Crippen molar-refractivity contribution in [1.82, 2.24) is 0 Å². The second-order valence-corrected chi connectivity index (χ2v) is 12.4. The van der Waals surface area contributed by atoms with Gasteiger partial charge in [-0.2, -0.15) is 0 Å². The number of rotatable bonds is 4. The van der Waals surface area contributed by atoms with Crippen molar-refractivity contribution in [2.45, 2.75) is 13.8 Å². The van der Waals surface area contributed by atoms with Gasteiger partial charge in [-0.15, -0.1) is 0 Å². The van der Waals surface area contributed by atoms with Gasteiger partial charge in [0.05, 0.1) is 22.7 Å². The van der Waals surface area contributed by atoms with E-state index in [0.717, 1.165) is 45.6 Å². The van der Waals surface area contributed by atoms with Crippen molar-refractivity contribution in [3.8, 4) is 11.5 Å². The van der Waals surface area contributed by atoms with Gasteiger partial charge in [0.1, 0.15) is 11.5 Å². The zero-order chi connectivity index (χ0) is 31.5. The number of para-hydroxylation sites is 1. The van der Waals surface area contributed by atoms with Crippen LogP contribution in [0.3, 0.4) is 0 Å². The fourth-order valence-corrected chi connectivity index (χ4v) is 6.92. The molecule has 0 bridgehead atoms. The minimum absolute atomic E-state index is 0.787. The average Bonchev–Trinajstić information content (AvgIpc) is 3.10. The number of fused-ring (bicyclic) bond motifs is 5. The molecule has 3 nitrogen and oxygen atoms in total. The van der Waals surface area contributed by atoms with Crippen molar-refractivity contribution < 1.29 is 4.74 Å². The normalized spacial score (nSPS) is 12.4. The van der Waals surface area contributed by atoms with Gasteiger partial charge in [0, 0.05) is 17.4 Å². The van der Waals surface area contributed by atoms with E-state index in [2.05, 4.69) is 151 Å². The van der Waals surface area contributed by atoms with Crippen molar-refractivity contribution in [2.24, 2.45) is 0 Å². The standard InChI is InChI=1S/C44H32N2O/c1-29-22-35-26-42-43(27-36(35)23-30(29)2)46(38-19-17-32-11-7-9-13-34(32)25-38)44-28-40(47-39-14-4-3-5-15-39)20-21-41(44)45(42)37-18-16-31-10-6-8-12-33(31)24-37/h3-28H,1-2H3. The molecule has 1 aliphatic heterocycles. The van der Waals surface area contributed by atoms with Gasteiger partial charge in [-0.05, 0) is 118 Å². The Morgan fingerprint density at radius 1 is 0.340 bits per heavy atom. The van der Waals surface area contributed by atoms with Crippen LogP contribution in [-0.2, 0) is 0 Å². The molecule has 0 fully saturated rings. The lowest BCUT2D eigenvalue weighted by Gasteiger charge is -2.41. The van der Waals surface area contributed by atoms with Crippen LogP contribution in [-0.4, -0.2) is 0 Å². The van der Waals surface area contributed by atoms with Gasteiger partial charge in [0.25, 0.3) is 0 Å². The Labute approximate surface area is 274 Å². The molecule has 3 heteroatoms. The smallest absolute Gasteiger partial charge is 0.129 e. The average molecular weight is 605 g/mol. The molecular weight excluding hydrogens is 572 g/mol. The molecule has 8 aromatic carbocycles.